The van der Waals surface area contributed by atoms with Gasteiger partial charge in [0, 0.05) is 6.42 Å². The highest BCUT2D eigenvalue weighted by Crippen LogP contribution is 2.08. The molecule has 0 aromatic heterocycles. The molecule has 2 nitrogen and oxygen atoms in total. The van der Waals surface area contributed by atoms with Gasteiger partial charge in [-0.05, 0) is 51.4 Å². The number of allylic oxidation sites excluding steroid dienone is 4. The number of carboxylic acids is 1. The lowest BCUT2D eigenvalue weighted by molar-refractivity contribution is -0.137. The van der Waals surface area contributed by atoms with Crippen LogP contribution in [-0.2, 0) is 4.79 Å². The summed E-state index contributed by atoms with van der Waals surface area (Å²) in [4.78, 5) is 10.3. The zero-order valence-electron chi connectivity index (χ0n) is 13.2. The monoisotopic (exact) mass is 280 g/mol. The molecule has 2 heteroatoms. The Morgan fingerprint density at radius 3 is 1.70 bits per heavy atom. The van der Waals surface area contributed by atoms with E-state index < -0.39 is 5.97 Å². The van der Waals surface area contributed by atoms with Crippen molar-refractivity contribution in [3.8, 4) is 0 Å². The SMILES string of the molecule is CC/C=C/CCCCC/C=C/CCCCCCC(=O)O. The number of carboxylic acid groups (broad SMARTS) is 1. The fourth-order valence-electron chi connectivity index (χ4n) is 2.11. The maximum atomic E-state index is 10.3. The summed E-state index contributed by atoms with van der Waals surface area (Å²) in [5.74, 6) is -0.671. The molecule has 116 valence electrons. The van der Waals surface area contributed by atoms with Gasteiger partial charge in [-0.15, -0.1) is 0 Å². The second kappa shape index (κ2) is 16.0. The molecule has 0 saturated carbocycles. The summed E-state index contributed by atoms with van der Waals surface area (Å²) in [6.07, 6.45) is 22.3. The van der Waals surface area contributed by atoms with Crippen LogP contribution in [0.2, 0.25) is 0 Å². The number of aliphatic carboxylic acids is 1. The molecule has 0 saturated heterocycles. The van der Waals surface area contributed by atoms with Crippen molar-refractivity contribution in [2.45, 2.75) is 84.0 Å². The van der Waals surface area contributed by atoms with E-state index in [1.165, 1.54) is 38.5 Å². The lowest BCUT2D eigenvalue weighted by Gasteiger charge is -1.97. The molecule has 0 aliphatic heterocycles. The molecule has 0 unspecified atom stereocenters. The van der Waals surface area contributed by atoms with E-state index in [1.54, 1.807) is 0 Å². The van der Waals surface area contributed by atoms with Crippen LogP contribution in [0.1, 0.15) is 84.0 Å². The summed E-state index contributed by atoms with van der Waals surface area (Å²) >= 11 is 0. The normalized spacial score (nSPS) is 11.7. The Balaban J connectivity index is 3.12. The second-order valence-electron chi connectivity index (χ2n) is 5.34. The first-order chi connectivity index (χ1) is 9.77. The highest BCUT2D eigenvalue weighted by molar-refractivity contribution is 5.66. The van der Waals surface area contributed by atoms with Gasteiger partial charge in [0.15, 0.2) is 0 Å². The Morgan fingerprint density at radius 1 is 0.750 bits per heavy atom. The minimum absolute atomic E-state index is 0.323. The van der Waals surface area contributed by atoms with Gasteiger partial charge in [-0.25, -0.2) is 0 Å². The molecule has 0 aromatic carbocycles. The van der Waals surface area contributed by atoms with Crippen molar-refractivity contribution in [3.63, 3.8) is 0 Å². The average molecular weight is 280 g/mol. The number of carbonyl (C=O) groups is 1. The molecule has 0 bridgehead atoms. The van der Waals surface area contributed by atoms with Crippen LogP contribution in [0.4, 0.5) is 0 Å². The number of rotatable bonds is 14. The van der Waals surface area contributed by atoms with Crippen molar-refractivity contribution >= 4 is 5.97 Å². The van der Waals surface area contributed by atoms with Crippen LogP contribution in [-0.4, -0.2) is 11.1 Å². The highest BCUT2D eigenvalue weighted by atomic mass is 16.4. The van der Waals surface area contributed by atoms with Crippen molar-refractivity contribution in [3.05, 3.63) is 24.3 Å². The van der Waals surface area contributed by atoms with Gasteiger partial charge in [-0.1, -0.05) is 50.5 Å². The summed E-state index contributed by atoms with van der Waals surface area (Å²) in [5, 5.41) is 8.50. The summed E-state index contributed by atoms with van der Waals surface area (Å²) in [6.45, 7) is 2.17. The topological polar surface area (TPSA) is 37.3 Å². The zero-order chi connectivity index (χ0) is 14.9. The first-order valence-electron chi connectivity index (χ1n) is 8.29. The smallest absolute Gasteiger partial charge is 0.303 e. The van der Waals surface area contributed by atoms with Crippen LogP contribution in [0.5, 0.6) is 0 Å². The number of hydrogen-bond donors (Lipinski definition) is 1. The van der Waals surface area contributed by atoms with Crippen molar-refractivity contribution in [1.82, 2.24) is 0 Å². The molecule has 20 heavy (non-hydrogen) atoms. The third kappa shape index (κ3) is 16.9. The zero-order valence-corrected chi connectivity index (χ0v) is 13.2. The molecule has 0 heterocycles. The van der Waals surface area contributed by atoms with Crippen LogP contribution in [0.3, 0.4) is 0 Å². The van der Waals surface area contributed by atoms with Gasteiger partial charge in [-0.3, -0.25) is 4.79 Å². The lowest BCUT2D eigenvalue weighted by Crippen LogP contribution is -1.93. The van der Waals surface area contributed by atoms with Crippen LogP contribution in [0.25, 0.3) is 0 Å². The van der Waals surface area contributed by atoms with Gasteiger partial charge in [0.1, 0.15) is 0 Å². The first-order valence-corrected chi connectivity index (χ1v) is 8.29. The van der Waals surface area contributed by atoms with Gasteiger partial charge in [0.25, 0.3) is 0 Å². The standard InChI is InChI=1S/C18H32O2/c1-2-3-4-5-6-7-8-9-10-11-12-13-14-15-16-17-18(19)20/h3-4,10-11H,2,5-9,12-17H2,1H3,(H,19,20)/b4-3+,11-10+. The number of unbranched alkanes of at least 4 members (excludes halogenated alkanes) is 8. The van der Waals surface area contributed by atoms with Crippen molar-refractivity contribution in [2.24, 2.45) is 0 Å². The Labute approximate surface area is 125 Å². The van der Waals surface area contributed by atoms with E-state index in [0.29, 0.717) is 6.42 Å². The fourth-order valence-corrected chi connectivity index (χ4v) is 2.11. The average Bonchev–Trinajstić information content (AvgIpc) is 2.43. The van der Waals surface area contributed by atoms with Crippen LogP contribution >= 0.6 is 0 Å². The van der Waals surface area contributed by atoms with Crippen molar-refractivity contribution in [1.29, 1.82) is 0 Å². The summed E-state index contributed by atoms with van der Waals surface area (Å²) in [7, 11) is 0. The minimum atomic E-state index is -0.671. The number of hydrogen-bond acceptors (Lipinski definition) is 1. The first kappa shape index (κ1) is 18.9. The maximum Gasteiger partial charge on any atom is 0.303 e. The Kier molecular flexibility index (Phi) is 15.2. The van der Waals surface area contributed by atoms with Gasteiger partial charge < -0.3 is 5.11 Å². The van der Waals surface area contributed by atoms with Gasteiger partial charge in [0.2, 0.25) is 0 Å². The predicted molar refractivity (Wildman–Crippen MR) is 87.0 cm³/mol. The van der Waals surface area contributed by atoms with Crippen LogP contribution < -0.4 is 0 Å². The Hall–Kier alpha value is -1.05. The molecule has 0 radical (unpaired) electrons. The quantitative estimate of drug-likeness (QED) is 0.318. The molecule has 0 aromatic rings. The van der Waals surface area contributed by atoms with Gasteiger partial charge in [0.05, 0.1) is 0 Å². The van der Waals surface area contributed by atoms with E-state index in [-0.39, 0.29) is 0 Å². The second-order valence-corrected chi connectivity index (χ2v) is 5.34. The largest absolute Gasteiger partial charge is 0.481 e. The minimum Gasteiger partial charge on any atom is -0.481 e. The lowest BCUT2D eigenvalue weighted by atomic mass is 10.1. The third-order valence-corrected chi connectivity index (χ3v) is 3.32. The van der Waals surface area contributed by atoms with E-state index >= 15 is 0 Å². The fraction of sp³-hybridized carbons (Fsp3) is 0.722. The molecular formula is C18H32O2. The van der Waals surface area contributed by atoms with Gasteiger partial charge >= 0.3 is 5.97 Å². The van der Waals surface area contributed by atoms with Crippen molar-refractivity contribution < 1.29 is 9.90 Å². The molecule has 1 N–H and O–H groups in total. The summed E-state index contributed by atoms with van der Waals surface area (Å²) < 4.78 is 0. The van der Waals surface area contributed by atoms with Crippen molar-refractivity contribution in [2.75, 3.05) is 0 Å². The van der Waals surface area contributed by atoms with E-state index in [0.717, 1.165) is 32.1 Å². The molecule has 0 fully saturated rings. The van der Waals surface area contributed by atoms with Crippen LogP contribution in [0.15, 0.2) is 24.3 Å². The highest BCUT2D eigenvalue weighted by Gasteiger charge is 1.95. The van der Waals surface area contributed by atoms with Crippen LogP contribution in [0, 0.1) is 0 Å². The molecule has 0 atom stereocenters. The molecule has 0 aliphatic rings. The predicted octanol–water partition coefficient (Wildman–Crippen LogP) is 5.88. The molecule has 0 amide bonds. The van der Waals surface area contributed by atoms with Gasteiger partial charge in [-0.2, -0.15) is 0 Å². The van der Waals surface area contributed by atoms with E-state index in [4.69, 9.17) is 5.11 Å². The third-order valence-electron chi connectivity index (χ3n) is 3.32. The van der Waals surface area contributed by atoms with E-state index in [2.05, 4.69) is 31.2 Å². The molecular weight excluding hydrogens is 248 g/mol. The summed E-state index contributed by atoms with van der Waals surface area (Å²) in [5.41, 5.74) is 0. The van der Waals surface area contributed by atoms with E-state index in [1.807, 2.05) is 0 Å². The Morgan fingerprint density at radius 2 is 1.20 bits per heavy atom. The Bertz CT molecular complexity index is 267. The molecule has 0 aliphatic carbocycles. The summed E-state index contributed by atoms with van der Waals surface area (Å²) in [6, 6.07) is 0. The maximum absolute atomic E-state index is 10.3. The van der Waals surface area contributed by atoms with E-state index in [9.17, 15) is 4.79 Å². The molecule has 0 spiro atoms. The molecule has 0 rings (SSSR count).